The Balaban J connectivity index is 2.65. The molecule has 5 nitrogen and oxygen atoms in total. The van der Waals surface area contributed by atoms with E-state index in [1.807, 2.05) is 6.92 Å². The van der Waals surface area contributed by atoms with E-state index in [0.29, 0.717) is 6.54 Å². The minimum Gasteiger partial charge on any atom is -0.481 e. The number of carboxylic acid groups (broad SMARTS) is 1. The molecule has 5 heteroatoms. The van der Waals surface area contributed by atoms with Gasteiger partial charge in [-0.25, -0.2) is 4.79 Å². The second-order valence-electron chi connectivity index (χ2n) is 5.83. The molecule has 0 aromatic heterocycles. The van der Waals surface area contributed by atoms with E-state index in [9.17, 15) is 14.7 Å². The number of aliphatic carboxylic acids is 1. The molecule has 1 aliphatic heterocycles. The van der Waals surface area contributed by atoms with Crippen molar-refractivity contribution in [2.45, 2.75) is 46.1 Å². The van der Waals surface area contributed by atoms with E-state index in [0.717, 1.165) is 12.8 Å². The zero-order valence-corrected chi connectivity index (χ0v) is 11.6. The maximum Gasteiger partial charge on any atom is 0.410 e. The van der Waals surface area contributed by atoms with Crippen molar-refractivity contribution in [2.24, 2.45) is 11.8 Å². The van der Waals surface area contributed by atoms with E-state index in [2.05, 4.69) is 0 Å². The standard InChI is InChI=1S/C13H23NO4/c1-5-9-6-7-14(8-10(9)11(15)16)12(17)18-13(2,3)4/h9-10H,5-8H2,1-4H3,(H,15,16)/t9-,10+/m0/s1. The first kappa shape index (κ1) is 14.8. The summed E-state index contributed by atoms with van der Waals surface area (Å²) in [7, 11) is 0. The summed E-state index contributed by atoms with van der Waals surface area (Å²) >= 11 is 0. The number of hydrogen-bond acceptors (Lipinski definition) is 3. The molecule has 1 aliphatic rings. The molecule has 0 unspecified atom stereocenters. The normalized spacial score (nSPS) is 24.8. The molecule has 0 aromatic carbocycles. The van der Waals surface area contributed by atoms with Crippen LogP contribution in [0.1, 0.15) is 40.5 Å². The van der Waals surface area contributed by atoms with Gasteiger partial charge in [-0.2, -0.15) is 0 Å². The van der Waals surface area contributed by atoms with Gasteiger partial charge in [0.25, 0.3) is 0 Å². The summed E-state index contributed by atoms with van der Waals surface area (Å²) in [4.78, 5) is 24.6. The lowest BCUT2D eigenvalue weighted by Crippen LogP contribution is -2.48. The van der Waals surface area contributed by atoms with Crippen molar-refractivity contribution in [3.05, 3.63) is 0 Å². The van der Waals surface area contributed by atoms with E-state index in [1.165, 1.54) is 4.90 Å². The molecular formula is C13H23NO4. The van der Waals surface area contributed by atoms with Gasteiger partial charge in [-0.3, -0.25) is 4.79 Å². The number of likely N-dealkylation sites (tertiary alicyclic amines) is 1. The molecule has 1 saturated heterocycles. The second kappa shape index (κ2) is 5.59. The number of rotatable bonds is 2. The van der Waals surface area contributed by atoms with Gasteiger partial charge in [-0.1, -0.05) is 13.3 Å². The molecule has 0 spiro atoms. The molecule has 2 atom stereocenters. The van der Waals surface area contributed by atoms with Gasteiger partial charge >= 0.3 is 12.1 Å². The number of nitrogens with zero attached hydrogens (tertiary/aromatic N) is 1. The Morgan fingerprint density at radius 1 is 1.39 bits per heavy atom. The molecule has 104 valence electrons. The van der Waals surface area contributed by atoms with Gasteiger partial charge in [-0.15, -0.1) is 0 Å². The molecule has 18 heavy (non-hydrogen) atoms. The number of carboxylic acids is 1. The molecule has 1 amide bonds. The van der Waals surface area contributed by atoms with Crippen LogP contribution in [0.15, 0.2) is 0 Å². The van der Waals surface area contributed by atoms with Crippen LogP contribution in [0.2, 0.25) is 0 Å². The van der Waals surface area contributed by atoms with Gasteiger partial charge in [0.2, 0.25) is 0 Å². The minimum atomic E-state index is -0.824. The van der Waals surface area contributed by atoms with Crippen LogP contribution >= 0.6 is 0 Å². The van der Waals surface area contributed by atoms with E-state index < -0.39 is 23.6 Å². The van der Waals surface area contributed by atoms with Crippen LogP contribution in [-0.4, -0.2) is 40.8 Å². The first-order chi connectivity index (χ1) is 8.24. The average Bonchev–Trinajstić information content (AvgIpc) is 2.25. The van der Waals surface area contributed by atoms with Crippen molar-refractivity contribution in [1.29, 1.82) is 0 Å². The lowest BCUT2D eigenvalue weighted by atomic mass is 9.84. The average molecular weight is 257 g/mol. The van der Waals surface area contributed by atoms with Gasteiger partial charge in [-0.05, 0) is 33.1 Å². The fraction of sp³-hybridized carbons (Fsp3) is 0.846. The molecule has 0 aliphatic carbocycles. The SMILES string of the molecule is CC[C@H]1CCN(C(=O)OC(C)(C)C)C[C@H]1C(=O)O. The van der Waals surface area contributed by atoms with E-state index in [1.54, 1.807) is 20.8 Å². The topological polar surface area (TPSA) is 66.8 Å². The van der Waals surface area contributed by atoms with E-state index in [-0.39, 0.29) is 12.5 Å². The fourth-order valence-corrected chi connectivity index (χ4v) is 2.26. The van der Waals surface area contributed by atoms with Crippen molar-refractivity contribution in [2.75, 3.05) is 13.1 Å². The molecule has 1 fully saturated rings. The maximum atomic E-state index is 11.9. The smallest absolute Gasteiger partial charge is 0.410 e. The maximum absolute atomic E-state index is 11.9. The molecule has 1 heterocycles. The highest BCUT2D eigenvalue weighted by molar-refractivity contribution is 5.73. The highest BCUT2D eigenvalue weighted by atomic mass is 16.6. The third-order valence-electron chi connectivity index (χ3n) is 3.25. The Morgan fingerprint density at radius 3 is 2.44 bits per heavy atom. The van der Waals surface area contributed by atoms with Crippen LogP contribution in [-0.2, 0) is 9.53 Å². The van der Waals surface area contributed by atoms with Gasteiger partial charge in [0, 0.05) is 13.1 Å². The Hall–Kier alpha value is -1.26. The predicted molar refractivity (Wildman–Crippen MR) is 67.3 cm³/mol. The highest BCUT2D eigenvalue weighted by Gasteiger charge is 2.36. The van der Waals surface area contributed by atoms with Crippen LogP contribution in [0, 0.1) is 11.8 Å². The lowest BCUT2D eigenvalue weighted by Gasteiger charge is -2.36. The van der Waals surface area contributed by atoms with Crippen LogP contribution in [0.5, 0.6) is 0 Å². The van der Waals surface area contributed by atoms with Crippen molar-refractivity contribution in [3.8, 4) is 0 Å². The van der Waals surface area contributed by atoms with Gasteiger partial charge in [0.05, 0.1) is 5.92 Å². The number of amides is 1. The van der Waals surface area contributed by atoms with Crippen molar-refractivity contribution < 1.29 is 19.4 Å². The molecule has 0 bridgehead atoms. The van der Waals surface area contributed by atoms with Gasteiger partial charge in [0.15, 0.2) is 0 Å². The molecule has 1 N–H and O–H groups in total. The Bertz CT molecular complexity index is 321. The summed E-state index contributed by atoms with van der Waals surface area (Å²) in [6.07, 6.45) is 1.15. The predicted octanol–water partition coefficient (Wildman–Crippen LogP) is 2.35. The number of carbonyl (C=O) groups is 2. The van der Waals surface area contributed by atoms with Crippen LogP contribution in [0.3, 0.4) is 0 Å². The minimum absolute atomic E-state index is 0.154. The number of carbonyl (C=O) groups excluding carboxylic acids is 1. The molecule has 0 saturated carbocycles. The summed E-state index contributed by atoms with van der Waals surface area (Å²) in [5.74, 6) is -1.15. The van der Waals surface area contributed by atoms with Crippen molar-refractivity contribution in [3.63, 3.8) is 0 Å². The summed E-state index contributed by atoms with van der Waals surface area (Å²) < 4.78 is 5.27. The number of ether oxygens (including phenoxy) is 1. The molecular weight excluding hydrogens is 234 g/mol. The molecule has 1 rings (SSSR count). The van der Waals surface area contributed by atoms with Crippen LogP contribution in [0.25, 0.3) is 0 Å². The Labute approximate surface area is 108 Å². The van der Waals surface area contributed by atoms with Crippen molar-refractivity contribution in [1.82, 2.24) is 4.90 Å². The number of piperidine rings is 1. The fourth-order valence-electron chi connectivity index (χ4n) is 2.26. The molecule has 0 aromatic rings. The summed E-state index contributed by atoms with van der Waals surface area (Å²) in [5.41, 5.74) is -0.544. The summed E-state index contributed by atoms with van der Waals surface area (Å²) in [6.45, 7) is 8.23. The monoisotopic (exact) mass is 257 g/mol. The van der Waals surface area contributed by atoms with Crippen LogP contribution < -0.4 is 0 Å². The first-order valence-electron chi connectivity index (χ1n) is 6.45. The van der Waals surface area contributed by atoms with E-state index in [4.69, 9.17) is 4.74 Å². The highest BCUT2D eigenvalue weighted by Crippen LogP contribution is 2.27. The van der Waals surface area contributed by atoms with Gasteiger partial charge in [0.1, 0.15) is 5.60 Å². The summed E-state index contributed by atoms with van der Waals surface area (Å²) in [6, 6.07) is 0. The Morgan fingerprint density at radius 2 is 2.00 bits per heavy atom. The largest absolute Gasteiger partial charge is 0.481 e. The lowest BCUT2D eigenvalue weighted by molar-refractivity contribution is -0.145. The Kier molecular flexibility index (Phi) is 4.59. The first-order valence-corrected chi connectivity index (χ1v) is 6.45. The summed E-state index contributed by atoms with van der Waals surface area (Å²) in [5, 5.41) is 9.19. The zero-order chi connectivity index (χ0) is 13.9. The van der Waals surface area contributed by atoms with Crippen molar-refractivity contribution >= 4 is 12.1 Å². The van der Waals surface area contributed by atoms with E-state index >= 15 is 0 Å². The second-order valence-corrected chi connectivity index (χ2v) is 5.83. The van der Waals surface area contributed by atoms with Gasteiger partial charge < -0.3 is 14.7 Å². The third kappa shape index (κ3) is 3.89. The van der Waals surface area contributed by atoms with Crippen LogP contribution in [0.4, 0.5) is 4.79 Å². The quantitative estimate of drug-likeness (QED) is 0.824. The molecule has 0 radical (unpaired) electrons. The zero-order valence-electron chi connectivity index (χ0n) is 11.6. The number of hydrogen-bond donors (Lipinski definition) is 1. The third-order valence-corrected chi connectivity index (χ3v) is 3.25.